The Labute approximate surface area is 150 Å². The summed E-state index contributed by atoms with van der Waals surface area (Å²) in [5.41, 5.74) is 5.08. The summed E-state index contributed by atoms with van der Waals surface area (Å²) >= 11 is 5.83. The molecule has 26 heavy (non-hydrogen) atoms. The predicted octanol–water partition coefficient (Wildman–Crippen LogP) is 3.14. The molecule has 0 aliphatic heterocycles. The van der Waals surface area contributed by atoms with Crippen LogP contribution in [0.5, 0.6) is 5.75 Å². The molecular formula is C16H12ClF3N2O4. The van der Waals surface area contributed by atoms with E-state index in [-0.39, 0.29) is 22.0 Å². The number of benzene rings is 2. The van der Waals surface area contributed by atoms with E-state index >= 15 is 0 Å². The van der Waals surface area contributed by atoms with Crippen molar-refractivity contribution >= 4 is 34.9 Å². The summed E-state index contributed by atoms with van der Waals surface area (Å²) in [5, 5.41) is 2.03. The number of rotatable bonds is 5. The maximum Gasteiger partial charge on any atom is 0.342 e. The molecule has 138 valence electrons. The minimum Gasteiger partial charge on any atom is -0.496 e. The minimum absolute atomic E-state index is 0.0731. The molecule has 2 aromatic rings. The van der Waals surface area contributed by atoms with Crippen molar-refractivity contribution < 1.29 is 32.2 Å². The van der Waals surface area contributed by atoms with E-state index in [9.17, 15) is 22.8 Å². The maximum atomic E-state index is 13.5. The number of hydrogen-bond acceptors (Lipinski definition) is 5. The van der Waals surface area contributed by atoms with E-state index in [2.05, 4.69) is 0 Å². The minimum atomic E-state index is -1.74. The molecule has 0 atom stereocenters. The van der Waals surface area contributed by atoms with Crippen LogP contribution < -0.4 is 15.8 Å². The first kappa shape index (κ1) is 19.4. The van der Waals surface area contributed by atoms with Crippen molar-refractivity contribution in [3.63, 3.8) is 0 Å². The summed E-state index contributed by atoms with van der Waals surface area (Å²) in [6.45, 7) is -0.817. The molecular weight excluding hydrogens is 377 g/mol. The van der Waals surface area contributed by atoms with Gasteiger partial charge in [-0.05, 0) is 18.2 Å². The summed E-state index contributed by atoms with van der Waals surface area (Å²) < 4.78 is 49.2. The molecule has 0 spiro atoms. The van der Waals surface area contributed by atoms with Gasteiger partial charge in [-0.15, -0.1) is 0 Å². The maximum absolute atomic E-state index is 13.5. The molecule has 10 heteroatoms. The molecule has 0 saturated carbocycles. The smallest absolute Gasteiger partial charge is 0.342 e. The van der Waals surface area contributed by atoms with Crippen molar-refractivity contribution in [2.24, 2.45) is 0 Å². The van der Waals surface area contributed by atoms with E-state index in [0.29, 0.717) is 6.07 Å². The Hall–Kier alpha value is -2.94. The van der Waals surface area contributed by atoms with Crippen molar-refractivity contribution in [3.05, 3.63) is 52.3 Å². The largest absolute Gasteiger partial charge is 0.496 e. The highest BCUT2D eigenvalue weighted by molar-refractivity contribution is 6.33. The highest BCUT2D eigenvalue weighted by atomic mass is 35.5. The van der Waals surface area contributed by atoms with Gasteiger partial charge < -0.3 is 20.5 Å². The molecule has 0 bridgehead atoms. The van der Waals surface area contributed by atoms with E-state index in [1.54, 1.807) is 0 Å². The number of nitrogen functional groups attached to an aromatic ring is 1. The quantitative estimate of drug-likeness (QED) is 0.466. The summed E-state index contributed by atoms with van der Waals surface area (Å²) in [4.78, 5) is 23.8. The third kappa shape index (κ3) is 4.17. The average molecular weight is 389 g/mol. The first-order chi connectivity index (χ1) is 12.2. The van der Waals surface area contributed by atoms with Crippen molar-refractivity contribution in [2.45, 2.75) is 0 Å². The first-order valence-corrected chi connectivity index (χ1v) is 7.35. The van der Waals surface area contributed by atoms with Crippen LogP contribution in [0.1, 0.15) is 10.4 Å². The second-order valence-electron chi connectivity index (χ2n) is 4.92. The third-order valence-corrected chi connectivity index (χ3v) is 3.51. The monoisotopic (exact) mass is 388 g/mol. The van der Waals surface area contributed by atoms with E-state index in [1.807, 2.05) is 5.32 Å². The molecule has 0 radical (unpaired) electrons. The van der Waals surface area contributed by atoms with Gasteiger partial charge in [0.05, 0.1) is 23.5 Å². The van der Waals surface area contributed by atoms with Crippen molar-refractivity contribution in [1.29, 1.82) is 0 Å². The highest BCUT2D eigenvalue weighted by Gasteiger charge is 2.19. The summed E-state index contributed by atoms with van der Waals surface area (Å²) in [7, 11) is 1.29. The van der Waals surface area contributed by atoms with Crippen LogP contribution in [0.2, 0.25) is 5.02 Å². The molecule has 2 aromatic carbocycles. The molecule has 1 amide bonds. The van der Waals surface area contributed by atoms with Gasteiger partial charge in [-0.3, -0.25) is 4.79 Å². The van der Waals surface area contributed by atoms with Crippen molar-refractivity contribution in [3.8, 4) is 5.75 Å². The highest BCUT2D eigenvalue weighted by Crippen LogP contribution is 2.29. The van der Waals surface area contributed by atoms with E-state index in [1.165, 1.54) is 19.2 Å². The molecule has 3 N–H and O–H groups in total. The Balaban J connectivity index is 2.05. The van der Waals surface area contributed by atoms with Crippen LogP contribution in [0.3, 0.4) is 0 Å². The van der Waals surface area contributed by atoms with Gasteiger partial charge in [0.1, 0.15) is 11.3 Å². The Morgan fingerprint density at radius 2 is 1.88 bits per heavy atom. The molecule has 2 rings (SSSR count). The van der Waals surface area contributed by atoms with Gasteiger partial charge in [0.2, 0.25) is 0 Å². The van der Waals surface area contributed by atoms with Crippen molar-refractivity contribution in [2.75, 3.05) is 24.8 Å². The number of esters is 1. The van der Waals surface area contributed by atoms with Gasteiger partial charge in [-0.2, -0.15) is 0 Å². The lowest BCUT2D eigenvalue weighted by molar-refractivity contribution is -0.119. The summed E-state index contributed by atoms with van der Waals surface area (Å²) in [5.74, 6) is -6.56. The third-order valence-electron chi connectivity index (χ3n) is 3.18. The van der Waals surface area contributed by atoms with Crippen LogP contribution in [0.25, 0.3) is 0 Å². The van der Waals surface area contributed by atoms with Gasteiger partial charge in [0.15, 0.2) is 24.1 Å². The molecule has 0 heterocycles. The fourth-order valence-electron chi connectivity index (χ4n) is 1.92. The van der Waals surface area contributed by atoms with E-state index in [4.69, 9.17) is 26.8 Å². The number of carbonyl (C=O) groups excluding carboxylic acids is 2. The number of halogens is 4. The van der Waals surface area contributed by atoms with Crippen LogP contribution in [0, 0.1) is 17.5 Å². The summed E-state index contributed by atoms with van der Waals surface area (Å²) in [6, 6.07) is 3.97. The second kappa shape index (κ2) is 7.96. The molecule has 0 aromatic heterocycles. The number of anilines is 2. The van der Waals surface area contributed by atoms with Gasteiger partial charge in [0.25, 0.3) is 5.91 Å². The van der Waals surface area contributed by atoms with Crippen LogP contribution in [-0.4, -0.2) is 25.6 Å². The molecule has 0 saturated heterocycles. The molecule has 0 aliphatic carbocycles. The lowest BCUT2D eigenvalue weighted by Crippen LogP contribution is -2.22. The van der Waals surface area contributed by atoms with Crippen molar-refractivity contribution in [1.82, 2.24) is 0 Å². The lowest BCUT2D eigenvalue weighted by atomic mass is 10.2. The second-order valence-corrected chi connectivity index (χ2v) is 5.33. The predicted molar refractivity (Wildman–Crippen MR) is 87.6 cm³/mol. The lowest BCUT2D eigenvalue weighted by Gasteiger charge is -2.11. The zero-order chi connectivity index (χ0) is 19.4. The molecule has 0 fully saturated rings. The number of ether oxygens (including phenoxy) is 2. The van der Waals surface area contributed by atoms with Gasteiger partial charge in [0, 0.05) is 6.07 Å². The Kier molecular flexibility index (Phi) is 5.93. The van der Waals surface area contributed by atoms with E-state index < -0.39 is 41.6 Å². The standard InChI is InChI=1S/C16H12ClF3N2O4/c1-25-12-5-10(21)8(17)4-7(12)16(24)26-6-13(23)22-11-3-2-9(18)14(19)15(11)20/h2-5H,6,21H2,1H3,(H,22,23). The van der Waals surface area contributed by atoms with E-state index in [0.717, 1.165) is 6.07 Å². The van der Waals surface area contributed by atoms with Crippen LogP contribution in [0.4, 0.5) is 24.5 Å². The number of nitrogens with one attached hydrogen (secondary N) is 1. The number of hydrogen-bond donors (Lipinski definition) is 2. The first-order valence-electron chi connectivity index (χ1n) is 6.98. The zero-order valence-electron chi connectivity index (χ0n) is 13.2. The zero-order valence-corrected chi connectivity index (χ0v) is 14.0. The molecule has 0 aliphatic rings. The summed E-state index contributed by atoms with van der Waals surface area (Å²) in [6.07, 6.45) is 0. The molecule has 6 nitrogen and oxygen atoms in total. The number of methoxy groups -OCH3 is 1. The fraction of sp³-hybridized carbons (Fsp3) is 0.125. The number of nitrogens with two attached hydrogens (primary N) is 1. The number of amides is 1. The van der Waals surface area contributed by atoms with Gasteiger partial charge in [-0.25, -0.2) is 18.0 Å². The fourth-order valence-corrected chi connectivity index (χ4v) is 2.08. The van der Waals surface area contributed by atoms with Gasteiger partial charge >= 0.3 is 5.97 Å². The van der Waals surface area contributed by atoms with Gasteiger partial charge in [-0.1, -0.05) is 11.6 Å². The Bertz CT molecular complexity index is 877. The average Bonchev–Trinajstić information content (AvgIpc) is 2.62. The number of carbonyl (C=O) groups is 2. The van der Waals surface area contributed by atoms with Crippen LogP contribution in [0.15, 0.2) is 24.3 Å². The van der Waals surface area contributed by atoms with Crippen LogP contribution in [-0.2, 0) is 9.53 Å². The SMILES string of the molecule is COc1cc(N)c(Cl)cc1C(=O)OCC(=O)Nc1ccc(F)c(F)c1F. The normalized spacial score (nSPS) is 10.3. The Morgan fingerprint density at radius 3 is 2.54 bits per heavy atom. The Morgan fingerprint density at radius 1 is 1.19 bits per heavy atom. The van der Waals surface area contributed by atoms with Crippen LogP contribution >= 0.6 is 11.6 Å². The topological polar surface area (TPSA) is 90.7 Å². The molecule has 0 unspecified atom stereocenters.